The van der Waals surface area contributed by atoms with Gasteiger partial charge in [-0.2, -0.15) is 5.10 Å². The predicted octanol–water partition coefficient (Wildman–Crippen LogP) is 0.607. The zero-order valence-electron chi connectivity index (χ0n) is 9.51. The van der Waals surface area contributed by atoms with Crippen LogP contribution in [0.3, 0.4) is 0 Å². The lowest BCUT2D eigenvalue weighted by Crippen LogP contribution is -2.24. The number of rotatable bonds is 2. The van der Waals surface area contributed by atoms with Crippen molar-refractivity contribution in [2.75, 3.05) is 17.2 Å². The molecule has 0 aliphatic carbocycles. The fraction of sp³-hybridized carbons (Fsp3) is 0.0909. The first-order valence-corrected chi connectivity index (χ1v) is 5.42. The van der Waals surface area contributed by atoms with Crippen molar-refractivity contribution in [2.24, 2.45) is 4.99 Å². The van der Waals surface area contributed by atoms with Gasteiger partial charge in [-0.05, 0) is 6.07 Å². The Kier molecular flexibility index (Phi) is 2.49. The Morgan fingerprint density at radius 3 is 2.94 bits per heavy atom. The molecule has 0 fully saturated rings. The highest BCUT2D eigenvalue weighted by atomic mass is 15.3. The van der Waals surface area contributed by atoms with E-state index in [1.54, 1.807) is 29.5 Å². The van der Waals surface area contributed by atoms with Gasteiger partial charge in [0.15, 0.2) is 11.6 Å². The monoisotopic (exact) mass is 241 g/mol. The van der Waals surface area contributed by atoms with Gasteiger partial charge in [0.2, 0.25) is 0 Å². The maximum Gasteiger partial charge on any atom is 0.199 e. The van der Waals surface area contributed by atoms with E-state index in [-0.39, 0.29) is 0 Å². The number of anilines is 2. The molecule has 3 rings (SSSR count). The lowest BCUT2D eigenvalue weighted by molar-refractivity contribution is 0.831. The van der Waals surface area contributed by atoms with Crippen LogP contribution in [0.2, 0.25) is 0 Å². The first kappa shape index (κ1) is 10.5. The molecule has 2 N–H and O–H groups in total. The molecular formula is C11H11N7. The van der Waals surface area contributed by atoms with Crippen LogP contribution in [0.4, 0.5) is 11.6 Å². The molecule has 2 aromatic rings. The smallest absolute Gasteiger partial charge is 0.199 e. The molecule has 0 atom stereocenters. The Morgan fingerprint density at radius 1 is 1.28 bits per heavy atom. The van der Waals surface area contributed by atoms with E-state index in [1.807, 2.05) is 17.2 Å². The van der Waals surface area contributed by atoms with Gasteiger partial charge in [0.05, 0.1) is 12.7 Å². The third-order valence-electron chi connectivity index (χ3n) is 2.46. The molecule has 1 aliphatic heterocycles. The highest BCUT2D eigenvalue weighted by molar-refractivity contribution is 5.71. The summed E-state index contributed by atoms with van der Waals surface area (Å²) in [6, 6.07) is 1.82. The summed E-state index contributed by atoms with van der Waals surface area (Å²) >= 11 is 0. The second-order valence-electron chi connectivity index (χ2n) is 3.67. The topological polar surface area (TPSA) is 85.2 Å². The first-order valence-electron chi connectivity index (χ1n) is 5.42. The van der Waals surface area contributed by atoms with Crippen molar-refractivity contribution in [1.29, 1.82) is 0 Å². The maximum atomic E-state index is 5.69. The van der Waals surface area contributed by atoms with Crippen molar-refractivity contribution in [3.05, 3.63) is 37.1 Å². The van der Waals surface area contributed by atoms with Crippen molar-refractivity contribution >= 4 is 17.9 Å². The zero-order valence-corrected chi connectivity index (χ0v) is 9.51. The number of hydrogen-bond acceptors (Lipinski definition) is 6. The Hall–Kier alpha value is -2.70. The number of nitrogens with zero attached hydrogens (tertiary/aromatic N) is 6. The molecule has 0 saturated carbocycles. The minimum absolute atomic E-state index is 0.360. The van der Waals surface area contributed by atoms with E-state index in [1.165, 1.54) is 6.20 Å². The molecule has 2 aromatic heterocycles. The highest BCUT2D eigenvalue weighted by Crippen LogP contribution is 2.21. The summed E-state index contributed by atoms with van der Waals surface area (Å²) in [4.78, 5) is 14.6. The summed E-state index contributed by atoms with van der Waals surface area (Å²) in [5, 5.41) is 4.16. The summed E-state index contributed by atoms with van der Waals surface area (Å²) in [5.41, 5.74) is 5.69. The predicted molar refractivity (Wildman–Crippen MR) is 68.5 cm³/mol. The van der Waals surface area contributed by atoms with Gasteiger partial charge < -0.3 is 10.6 Å². The molecule has 0 radical (unpaired) electrons. The van der Waals surface area contributed by atoms with E-state index in [0.29, 0.717) is 24.0 Å². The van der Waals surface area contributed by atoms with E-state index < -0.39 is 0 Å². The average molecular weight is 241 g/mol. The molecule has 0 bridgehead atoms. The van der Waals surface area contributed by atoms with Gasteiger partial charge in [0, 0.05) is 31.0 Å². The van der Waals surface area contributed by atoms with Crippen LogP contribution in [0, 0.1) is 0 Å². The van der Waals surface area contributed by atoms with Crippen molar-refractivity contribution in [2.45, 2.75) is 0 Å². The van der Waals surface area contributed by atoms with Crippen LogP contribution in [0.1, 0.15) is 0 Å². The molecule has 0 saturated heterocycles. The van der Waals surface area contributed by atoms with Gasteiger partial charge in [-0.3, -0.25) is 4.99 Å². The van der Waals surface area contributed by atoms with E-state index in [9.17, 15) is 0 Å². The van der Waals surface area contributed by atoms with Crippen LogP contribution in [0.15, 0.2) is 42.0 Å². The molecule has 0 aromatic carbocycles. The summed E-state index contributed by atoms with van der Waals surface area (Å²) in [6.07, 6.45) is 10.4. The average Bonchev–Trinajstić information content (AvgIpc) is 2.93. The first-order chi connectivity index (χ1) is 8.84. The van der Waals surface area contributed by atoms with Gasteiger partial charge >= 0.3 is 0 Å². The fourth-order valence-corrected chi connectivity index (χ4v) is 1.67. The molecule has 3 heterocycles. The second kappa shape index (κ2) is 4.28. The van der Waals surface area contributed by atoms with Crippen LogP contribution in [-0.2, 0) is 0 Å². The van der Waals surface area contributed by atoms with Crippen molar-refractivity contribution in [1.82, 2.24) is 19.7 Å². The normalized spacial score (nSPS) is 14.1. The Labute approximate surface area is 103 Å². The van der Waals surface area contributed by atoms with Gasteiger partial charge in [0.25, 0.3) is 0 Å². The van der Waals surface area contributed by atoms with Crippen LogP contribution < -0.4 is 10.6 Å². The SMILES string of the molecule is Nc1cnc(N2C=CN=CC2)c(-n2cccn2)n1. The van der Waals surface area contributed by atoms with Gasteiger partial charge in [-0.25, -0.2) is 14.6 Å². The standard InChI is InChI=1S/C11H11N7/c12-9-8-14-10(17-6-3-13-4-7-17)11(16-9)18-5-1-2-15-18/h1-6,8H,7H2,(H2,12,16). The molecule has 7 heteroatoms. The number of nitrogens with two attached hydrogens (primary N) is 1. The number of aromatic nitrogens is 4. The Morgan fingerprint density at radius 2 is 2.22 bits per heavy atom. The van der Waals surface area contributed by atoms with Gasteiger partial charge in [-0.1, -0.05) is 0 Å². The number of hydrogen-bond donors (Lipinski definition) is 1. The maximum absolute atomic E-state index is 5.69. The third-order valence-corrected chi connectivity index (χ3v) is 2.46. The van der Waals surface area contributed by atoms with E-state index in [2.05, 4.69) is 20.1 Å². The lowest BCUT2D eigenvalue weighted by Gasteiger charge is -2.20. The molecule has 90 valence electrons. The number of aliphatic imine (C=N–C) groups is 1. The number of nitrogen functional groups attached to an aromatic ring is 1. The molecule has 18 heavy (non-hydrogen) atoms. The van der Waals surface area contributed by atoms with E-state index >= 15 is 0 Å². The Balaban J connectivity index is 2.09. The van der Waals surface area contributed by atoms with Crippen LogP contribution >= 0.6 is 0 Å². The molecule has 0 spiro atoms. The molecule has 1 aliphatic rings. The summed E-state index contributed by atoms with van der Waals surface area (Å²) in [7, 11) is 0. The van der Waals surface area contributed by atoms with Crippen LogP contribution in [-0.4, -0.2) is 32.5 Å². The third kappa shape index (κ3) is 1.81. The van der Waals surface area contributed by atoms with Crippen molar-refractivity contribution in [3.63, 3.8) is 0 Å². The second-order valence-corrected chi connectivity index (χ2v) is 3.67. The quantitative estimate of drug-likeness (QED) is 0.832. The minimum atomic E-state index is 0.360. The van der Waals surface area contributed by atoms with Crippen LogP contribution in [0.25, 0.3) is 5.82 Å². The van der Waals surface area contributed by atoms with Gasteiger partial charge in [-0.15, -0.1) is 0 Å². The molecule has 0 amide bonds. The summed E-state index contributed by atoms with van der Waals surface area (Å²) in [5.74, 6) is 1.65. The highest BCUT2D eigenvalue weighted by Gasteiger charge is 2.15. The zero-order chi connectivity index (χ0) is 12.4. The summed E-state index contributed by atoms with van der Waals surface area (Å²) < 4.78 is 1.64. The van der Waals surface area contributed by atoms with Crippen molar-refractivity contribution in [3.8, 4) is 5.82 Å². The van der Waals surface area contributed by atoms with Crippen LogP contribution in [0.5, 0.6) is 0 Å². The largest absolute Gasteiger partial charge is 0.382 e. The van der Waals surface area contributed by atoms with E-state index in [0.717, 1.165) is 0 Å². The Bertz CT molecular complexity index is 600. The fourth-order valence-electron chi connectivity index (χ4n) is 1.67. The minimum Gasteiger partial charge on any atom is -0.382 e. The lowest BCUT2D eigenvalue weighted by atomic mass is 10.4. The molecule has 0 unspecified atom stereocenters. The van der Waals surface area contributed by atoms with Crippen molar-refractivity contribution < 1.29 is 0 Å². The molecular weight excluding hydrogens is 230 g/mol. The van der Waals surface area contributed by atoms with Gasteiger partial charge in [0.1, 0.15) is 5.82 Å². The summed E-state index contributed by atoms with van der Waals surface area (Å²) in [6.45, 7) is 0.642. The molecule has 7 nitrogen and oxygen atoms in total. The van der Waals surface area contributed by atoms with E-state index in [4.69, 9.17) is 5.73 Å².